The number of fused-ring (bicyclic) bond motifs is 3. The molecule has 222 valence electrons. The van der Waals surface area contributed by atoms with Crippen LogP contribution in [0.1, 0.15) is 43.9 Å². The van der Waals surface area contributed by atoms with Crippen molar-refractivity contribution in [2.24, 2.45) is 34.6 Å². The van der Waals surface area contributed by atoms with E-state index in [-0.39, 0.29) is 23.3 Å². The number of aliphatic hydroxyl groups is 3. The number of anilines is 1. The van der Waals surface area contributed by atoms with Gasteiger partial charge in [-0.1, -0.05) is 20.8 Å². The number of aryl methyl sites for hydroxylation is 1. The summed E-state index contributed by atoms with van der Waals surface area (Å²) in [6, 6.07) is 1.78. The van der Waals surface area contributed by atoms with E-state index in [1.807, 2.05) is 33.1 Å². The van der Waals surface area contributed by atoms with Crippen molar-refractivity contribution in [3.8, 4) is 5.75 Å². The molecular weight excluding hydrogens is 516 g/mol. The van der Waals surface area contributed by atoms with E-state index < -0.39 is 58.4 Å². The number of nitrogens with zero attached hydrogens (tertiary/aromatic N) is 1. The van der Waals surface area contributed by atoms with Crippen molar-refractivity contribution in [3.63, 3.8) is 0 Å². The van der Waals surface area contributed by atoms with Gasteiger partial charge in [-0.05, 0) is 68.9 Å². The number of Topliss-reactive ketones (excluding diaryl/α,β-unsaturated/α-hetero) is 2. The maximum Gasteiger partial charge on any atom is 0.255 e. The van der Waals surface area contributed by atoms with Crippen LogP contribution in [0.2, 0.25) is 0 Å². The van der Waals surface area contributed by atoms with Crippen LogP contribution in [0.3, 0.4) is 0 Å². The number of hydrogen-bond donors (Lipinski definition) is 7. The molecule has 1 saturated carbocycles. The third-order valence-electron chi connectivity index (χ3n) is 7.27. The maximum absolute atomic E-state index is 13.4. The second kappa shape index (κ2) is 12.4. The molecule has 11 nitrogen and oxygen atoms in total. The third kappa shape index (κ3) is 6.16. The first-order chi connectivity index (χ1) is 18.4. The van der Waals surface area contributed by atoms with Crippen LogP contribution >= 0.6 is 0 Å². The van der Waals surface area contributed by atoms with Gasteiger partial charge in [0.25, 0.3) is 5.91 Å². The van der Waals surface area contributed by atoms with Crippen LogP contribution in [0, 0.1) is 30.1 Å². The third-order valence-corrected chi connectivity index (χ3v) is 7.27. The SMILES string of the molecule is CC(C)(C)CN.CNC.Cc1cc(N(C)C)c2c(c1O)C(O)=C1C(=O)C3C(=O)C(C(N)=O)=C(O)C(O)C3CC1C2. The molecule has 4 atom stereocenters. The summed E-state index contributed by atoms with van der Waals surface area (Å²) < 4.78 is 0. The van der Waals surface area contributed by atoms with Crippen LogP contribution in [0.25, 0.3) is 5.76 Å². The summed E-state index contributed by atoms with van der Waals surface area (Å²) in [5, 5.41) is 45.2. The van der Waals surface area contributed by atoms with Gasteiger partial charge in [-0.3, -0.25) is 14.4 Å². The van der Waals surface area contributed by atoms with Gasteiger partial charge in [0, 0.05) is 31.3 Å². The van der Waals surface area contributed by atoms with Gasteiger partial charge in [-0.15, -0.1) is 0 Å². The van der Waals surface area contributed by atoms with Gasteiger partial charge in [0.2, 0.25) is 0 Å². The minimum Gasteiger partial charge on any atom is -0.509 e. The molecule has 0 aromatic heterocycles. The molecule has 0 heterocycles. The quantitative estimate of drug-likeness (QED) is 0.205. The van der Waals surface area contributed by atoms with E-state index in [2.05, 4.69) is 26.1 Å². The molecule has 40 heavy (non-hydrogen) atoms. The summed E-state index contributed by atoms with van der Waals surface area (Å²) >= 11 is 0. The Kier molecular flexibility index (Phi) is 10.2. The van der Waals surface area contributed by atoms with E-state index in [0.29, 0.717) is 23.0 Å². The van der Waals surface area contributed by atoms with E-state index in [0.717, 1.165) is 12.2 Å². The van der Waals surface area contributed by atoms with Crippen molar-refractivity contribution < 1.29 is 34.8 Å². The molecular formula is C29H44N4O7. The Morgan fingerprint density at radius 3 is 2.10 bits per heavy atom. The number of phenols is 1. The molecule has 3 aliphatic carbocycles. The van der Waals surface area contributed by atoms with Gasteiger partial charge in [0.1, 0.15) is 28.9 Å². The van der Waals surface area contributed by atoms with E-state index in [1.165, 1.54) is 0 Å². The van der Waals surface area contributed by atoms with Crippen LogP contribution in [-0.2, 0) is 20.8 Å². The van der Waals surface area contributed by atoms with Crippen molar-refractivity contribution in [2.75, 3.05) is 39.6 Å². The summed E-state index contributed by atoms with van der Waals surface area (Å²) in [6.07, 6.45) is -1.18. The molecule has 0 bridgehead atoms. The Morgan fingerprint density at radius 2 is 1.65 bits per heavy atom. The Bertz CT molecular complexity index is 1240. The van der Waals surface area contributed by atoms with Gasteiger partial charge >= 0.3 is 0 Å². The second-order valence-electron chi connectivity index (χ2n) is 11.9. The molecule has 11 heteroatoms. The van der Waals surface area contributed by atoms with Crippen molar-refractivity contribution in [1.29, 1.82) is 0 Å². The number of hydrogen-bond acceptors (Lipinski definition) is 10. The molecule has 0 spiro atoms. The van der Waals surface area contributed by atoms with Crippen molar-refractivity contribution in [1.82, 2.24) is 5.32 Å². The summed E-state index contributed by atoms with van der Waals surface area (Å²) in [6.45, 7) is 8.80. The van der Waals surface area contributed by atoms with Crippen LogP contribution in [-0.4, -0.2) is 78.7 Å². The first kappa shape index (κ1) is 32.8. The number of nitrogens with one attached hydrogen (secondary N) is 1. The van der Waals surface area contributed by atoms with Crippen LogP contribution in [0.4, 0.5) is 5.69 Å². The molecule has 4 unspecified atom stereocenters. The van der Waals surface area contributed by atoms with Crippen molar-refractivity contribution in [3.05, 3.63) is 39.7 Å². The highest BCUT2D eigenvalue weighted by Gasteiger charge is 2.55. The van der Waals surface area contributed by atoms with Gasteiger partial charge in [-0.25, -0.2) is 0 Å². The lowest BCUT2D eigenvalue weighted by Gasteiger charge is -2.43. The fourth-order valence-corrected chi connectivity index (χ4v) is 5.22. The number of carbonyl (C=O) groups excluding carboxylic acids is 3. The lowest BCUT2D eigenvalue weighted by Crippen LogP contribution is -2.52. The fourth-order valence-electron chi connectivity index (χ4n) is 5.22. The fraction of sp³-hybridized carbons (Fsp3) is 0.552. The summed E-state index contributed by atoms with van der Waals surface area (Å²) in [5.41, 5.74) is 12.1. The number of amides is 1. The molecule has 0 radical (unpaired) electrons. The minimum atomic E-state index is -1.60. The highest BCUT2D eigenvalue weighted by atomic mass is 16.3. The van der Waals surface area contributed by atoms with E-state index in [9.17, 15) is 34.8 Å². The zero-order valence-corrected chi connectivity index (χ0v) is 24.6. The summed E-state index contributed by atoms with van der Waals surface area (Å²) in [5.74, 6) is -7.22. The first-order valence-electron chi connectivity index (χ1n) is 13.2. The highest BCUT2D eigenvalue weighted by molar-refractivity contribution is 6.28. The number of primary amides is 1. The number of aromatic hydroxyl groups is 1. The topological polar surface area (TPSA) is 199 Å². The lowest BCUT2D eigenvalue weighted by molar-refractivity contribution is -0.138. The van der Waals surface area contributed by atoms with Crippen molar-refractivity contribution >= 4 is 28.9 Å². The Hall–Kier alpha value is -3.41. The molecule has 4 rings (SSSR count). The number of allylic oxidation sites excluding steroid dienone is 1. The number of aliphatic hydroxyl groups excluding tert-OH is 3. The Labute approximate surface area is 235 Å². The zero-order valence-electron chi connectivity index (χ0n) is 24.6. The average Bonchev–Trinajstić information content (AvgIpc) is 2.84. The number of phenolic OH excluding ortho intramolecular Hbond substituents is 1. The number of carbonyl (C=O) groups is 3. The second-order valence-corrected chi connectivity index (χ2v) is 11.9. The van der Waals surface area contributed by atoms with Gasteiger partial charge < -0.3 is 42.1 Å². The predicted molar refractivity (Wildman–Crippen MR) is 154 cm³/mol. The number of ketones is 2. The Balaban J connectivity index is 0.000000544. The predicted octanol–water partition coefficient (Wildman–Crippen LogP) is 1.48. The highest BCUT2D eigenvalue weighted by Crippen LogP contribution is 2.51. The van der Waals surface area contributed by atoms with Gasteiger partial charge in [0.05, 0.1) is 11.5 Å². The number of nitrogens with two attached hydrogens (primary N) is 2. The van der Waals surface area contributed by atoms with Gasteiger partial charge in [0.15, 0.2) is 11.6 Å². The average molecular weight is 561 g/mol. The van der Waals surface area contributed by atoms with E-state index in [4.69, 9.17) is 11.5 Å². The molecule has 9 N–H and O–H groups in total. The van der Waals surface area contributed by atoms with Gasteiger partial charge in [-0.2, -0.15) is 0 Å². The first-order valence-corrected chi connectivity index (χ1v) is 13.2. The minimum absolute atomic E-state index is 0.00915. The molecule has 3 aliphatic rings. The Morgan fingerprint density at radius 1 is 1.12 bits per heavy atom. The monoisotopic (exact) mass is 560 g/mol. The molecule has 0 saturated heterocycles. The normalized spacial score (nSPS) is 23.6. The molecule has 1 aromatic rings. The van der Waals surface area contributed by atoms with E-state index in [1.54, 1.807) is 13.0 Å². The lowest BCUT2D eigenvalue weighted by atomic mass is 9.60. The largest absolute Gasteiger partial charge is 0.509 e. The summed E-state index contributed by atoms with van der Waals surface area (Å²) in [4.78, 5) is 39.7. The number of rotatable bonds is 2. The molecule has 1 aromatic carbocycles. The van der Waals surface area contributed by atoms with Crippen LogP contribution in [0.15, 0.2) is 23.0 Å². The molecule has 1 amide bonds. The zero-order chi connectivity index (χ0) is 30.9. The van der Waals surface area contributed by atoms with E-state index >= 15 is 0 Å². The smallest absolute Gasteiger partial charge is 0.255 e. The van der Waals surface area contributed by atoms with Crippen molar-refractivity contribution in [2.45, 2.75) is 46.6 Å². The summed E-state index contributed by atoms with van der Waals surface area (Å²) in [7, 11) is 7.39. The van der Waals surface area contributed by atoms with Crippen LogP contribution < -0.4 is 21.7 Å². The molecule has 0 aliphatic heterocycles. The number of benzene rings is 1. The maximum atomic E-state index is 13.4. The van der Waals surface area contributed by atoms with Crippen LogP contribution in [0.5, 0.6) is 5.75 Å². The standard InChI is InChI=1S/C22H24N2O7.C5H13N.C2H7N/c1-7-4-11(24(2)3)9-5-8-6-10-14(19(28)12(8)18(27)13(9)16(7)25)20(29)15(22(23)31)21(30)17(10)26;1-5(2,3)4-6;1-3-2/h4,8,10,14,17,25-27,30H,5-6H2,1-3H3,(H2,23,31);4,6H2,1-3H3;3H,1-2H3. The molecule has 1 fully saturated rings.